The van der Waals surface area contributed by atoms with Crippen LogP contribution in [-0.4, -0.2) is 14.8 Å². The van der Waals surface area contributed by atoms with Gasteiger partial charge >= 0.3 is 0 Å². The molecular formula is C14H9N3OS2. The van der Waals surface area contributed by atoms with Crippen LogP contribution < -0.4 is 5.32 Å². The number of para-hydroxylation sites is 1. The molecule has 6 heteroatoms. The van der Waals surface area contributed by atoms with Crippen LogP contribution in [0.15, 0.2) is 35.4 Å². The van der Waals surface area contributed by atoms with Crippen molar-refractivity contribution in [1.82, 2.24) is 9.88 Å². The Morgan fingerprint density at radius 2 is 2.25 bits per heavy atom. The van der Waals surface area contributed by atoms with E-state index in [1.807, 2.05) is 41.1 Å². The molecule has 1 aromatic heterocycles. The number of nitriles is 1. The molecule has 0 saturated carbocycles. The molecule has 1 amide bonds. The summed E-state index contributed by atoms with van der Waals surface area (Å²) in [5, 5.41) is 12.5. The molecule has 98 valence electrons. The summed E-state index contributed by atoms with van der Waals surface area (Å²) < 4.78 is 2.35. The van der Waals surface area contributed by atoms with Gasteiger partial charge in [0, 0.05) is 22.7 Å². The molecule has 1 aliphatic heterocycles. The number of carbonyl (C=O) groups is 1. The maximum absolute atomic E-state index is 11.7. The molecule has 0 aliphatic carbocycles. The van der Waals surface area contributed by atoms with Gasteiger partial charge in [-0.15, -0.1) is 0 Å². The molecule has 0 unspecified atom stereocenters. The van der Waals surface area contributed by atoms with E-state index in [-0.39, 0.29) is 12.5 Å². The van der Waals surface area contributed by atoms with Crippen molar-refractivity contribution < 1.29 is 4.79 Å². The van der Waals surface area contributed by atoms with E-state index in [1.165, 1.54) is 11.8 Å². The van der Waals surface area contributed by atoms with Gasteiger partial charge < -0.3 is 9.88 Å². The lowest BCUT2D eigenvalue weighted by Gasteiger charge is -1.96. The number of hydrogen-bond acceptors (Lipinski definition) is 4. The van der Waals surface area contributed by atoms with Gasteiger partial charge in [-0.2, -0.15) is 5.26 Å². The summed E-state index contributed by atoms with van der Waals surface area (Å²) in [6.07, 6.45) is 3.70. The van der Waals surface area contributed by atoms with E-state index >= 15 is 0 Å². The maximum Gasteiger partial charge on any atom is 0.263 e. The fourth-order valence-electron chi connectivity index (χ4n) is 2.16. The Balaban J connectivity index is 2.13. The van der Waals surface area contributed by atoms with Gasteiger partial charge in [-0.05, 0) is 12.1 Å². The van der Waals surface area contributed by atoms with Crippen LogP contribution in [0, 0.1) is 11.3 Å². The summed E-state index contributed by atoms with van der Waals surface area (Å²) in [6, 6.07) is 9.94. The van der Waals surface area contributed by atoms with Crippen molar-refractivity contribution in [2.24, 2.45) is 0 Å². The predicted octanol–water partition coefficient (Wildman–Crippen LogP) is 2.65. The average Bonchev–Trinajstić information content (AvgIpc) is 2.93. The third-order valence-electron chi connectivity index (χ3n) is 2.99. The van der Waals surface area contributed by atoms with Crippen molar-refractivity contribution in [2.75, 3.05) is 0 Å². The third kappa shape index (κ3) is 2.22. The zero-order valence-electron chi connectivity index (χ0n) is 10.3. The first-order valence-corrected chi connectivity index (χ1v) is 7.11. The first-order valence-electron chi connectivity index (χ1n) is 5.89. The number of fused-ring (bicyclic) bond motifs is 1. The highest BCUT2D eigenvalue weighted by Gasteiger charge is 2.22. The molecule has 2 aromatic rings. The normalized spacial score (nSPS) is 16.6. The summed E-state index contributed by atoms with van der Waals surface area (Å²) in [5.74, 6) is -0.169. The number of nitrogens with one attached hydrogen (secondary N) is 1. The van der Waals surface area contributed by atoms with Gasteiger partial charge in [-0.25, -0.2) is 0 Å². The Hall–Kier alpha value is -2.10. The molecule has 0 atom stereocenters. The molecule has 1 saturated heterocycles. The first-order chi connectivity index (χ1) is 9.69. The van der Waals surface area contributed by atoms with E-state index in [9.17, 15) is 4.79 Å². The molecule has 2 heterocycles. The number of thiocarbonyl (C=S) groups is 1. The predicted molar refractivity (Wildman–Crippen MR) is 83.9 cm³/mol. The maximum atomic E-state index is 11.7. The van der Waals surface area contributed by atoms with Gasteiger partial charge in [0.15, 0.2) is 0 Å². The highest BCUT2D eigenvalue weighted by molar-refractivity contribution is 8.26. The Morgan fingerprint density at radius 1 is 1.45 bits per heavy atom. The summed E-state index contributed by atoms with van der Waals surface area (Å²) in [7, 11) is 0. The second-order valence-electron chi connectivity index (χ2n) is 4.24. The van der Waals surface area contributed by atoms with Crippen LogP contribution in [0.2, 0.25) is 0 Å². The fourth-order valence-corrected chi connectivity index (χ4v) is 3.19. The molecular weight excluding hydrogens is 290 g/mol. The van der Waals surface area contributed by atoms with Gasteiger partial charge in [-0.3, -0.25) is 4.79 Å². The van der Waals surface area contributed by atoms with Crippen LogP contribution in [0.4, 0.5) is 0 Å². The molecule has 1 aliphatic rings. The van der Waals surface area contributed by atoms with Gasteiger partial charge in [0.25, 0.3) is 5.91 Å². The minimum absolute atomic E-state index is 0.169. The molecule has 20 heavy (non-hydrogen) atoms. The van der Waals surface area contributed by atoms with E-state index in [4.69, 9.17) is 17.5 Å². The van der Waals surface area contributed by atoms with Crippen LogP contribution in [0.3, 0.4) is 0 Å². The highest BCUT2D eigenvalue weighted by Crippen LogP contribution is 2.29. The summed E-state index contributed by atoms with van der Waals surface area (Å²) in [5.41, 5.74) is 1.89. The average molecular weight is 299 g/mol. The number of thioether (sulfide) groups is 1. The lowest BCUT2D eigenvalue weighted by atomic mass is 10.1. The lowest BCUT2D eigenvalue weighted by molar-refractivity contribution is -0.115. The van der Waals surface area contributed by atoms with Crippen LogP contribution in [0.25, 0.3) is 17.0 Å². The number of aromatic nitrogens is 1. The molecule has 0 spiro atoms. The molecule has 3 rings (SSSR count). The number of carbonyl (C=O) groups excluding carboxylic acids is 1. The Kier molecular flexibility index (Phi) is 3.30. The van der Waals surface area contributed by atoms with Crippen molar-refractivity contribution >= 4 is 51.2 Å². The van der Waals surface area contributed by atoms with Crippen LogP contribution >= 0.6 is 24.0 Å². The van der Waals surface area contributed by atoms with Gasteiger partial charge in [0.2, 0.25) is 0 Å². The number of benzene rings is 1. The number of nitrogens with zero attached hydrogens (tertiary/aromatic N) is 2. The molecule has 0 radical (unpaired) electrons. The SMILES string of the molecule is N#CCn1cc(/C=C2/SC(=S)NC2=O)c2ccccc21. The molecule has 1 fully saturated rings. The summed E-state index contributed by atoms with van der Waals surface area (Å²) >= 11 is 6.23. The quantitative estimate of drug-likeness (QED) is 0.684. The molecule has 0 bridgehead atoms. The highest BCUT2D eigenvalue weighted by atomic mass is 32.2. The van der Waals surface area contributed by atoms with Crippen molar-refractivity contribution in [3.8, 4) is 6.07 Å². The summed E-state index contributed by atoms with van der Waals surface area (Å²) in [6.45, 7) is 0.279. The Bertz CT molecular complexity index is 798. The van der Waals surface area contributed by atoms with E-state index in [2.05, 4.69) is 11.4 Å². The lowest BCUT2D eigenvalue weighted by Crippen LogP contribution is -2.17. The minimum atomic E-state index is -0.169. The van der Waals surface area contributed by atoms with Crippen molar-refractivity contribution in [1.29, 1.82) is 5.26 Å². The van der Waals surface area contributed by atoms with Crippen LogP contribution in [0.1, 0.15) is 5.56 Å². The molecule has 1 aromatic carbocycles. The Labute approximate surface area is 125 Å². The smallest absolute Gasteiger partial charge is 0.263 e. The van der Waals surface area contributed by atoms with Gasteiger partial charge in [-0.1, -0.05) is 42.2 Å². The van der Waals surface area contributed by atoms with E-state index in [1.54, 1.807) is 0 Å². The number of amides is 1. The van der Waals surface area contributed by atoms with Crippen LogP contribution in [0.5, 0.6) is 0 Å². The van der Waals surface area contributed by atoms with Crippen molar-refractivity contribution in [2.45, 2.75) is 6.54 Å². The van der Waals surface area contributed by atoms with E-state index < -0.39 is 0 Å². The second-order valence-corrected chi connectivity index (χ2v) is 5.96. The van der Waals surface area contributed by atoms with Crippen molar-refractivity contribution in [3.63, 3.8) is 0 Å². The zero-order valence-corrected chi connectivity index (χ0v) is 11.9. The number of rotatable bonds is 2. The van der Waals surface area contributed by atoms with Crippen molar-refractivity contribution in [3.05, 3.63) is 40.9 Å². The summed E-state index contributed by atoms with van der Waals surface area (Å²) in [4.78, 5) is 12.3. The zero-order chi connectivity index (χ0) is 14.1. The standard InChI is InChI=1S/C14H9N3OS2/c15-5-6-17-8-9(10-3-1-2-4-11(10)17)7-12-13(18)16-14(19)20-12/h1-4,7-8H,6H2,(H,16,18,19)/b12-7+. The molecule has 4 nitrogen and oxygen atoms in total. The number of hydrogen-bond donors (Lipinski definition) is 1. The van der Waals surface area contributed by atoms with Gasteiger partial charge in [0.05, 0.1) is 11.0 Å². The largest absolute Gasteiger partial charge is 0.333 e. The van der Waals surface area contributed by atoms with Crippen LogP contribution in [-0.2, 0) is 11.3 Å². The third-order valence-corrected chi connectivity index (χ3v) is 4.15. The Morgan fingerprint density at radius 3 is 2.95 bits per heavy atom. The monoisotopic (exact) mass is 299 g/mol. The molecule has 1 N–H and O–H groups in total. The second kappa shape index (κ2) is 5.12. The van der Waals surface area contributed by atoms with Gasteiger partial charge in [0.1, 0.15) is 10.9 Å². The van der Waals surface area contributed by atoms with E-state index in [0.717, 1.165) is 16.5 Å². The topological polar surface area (TPSA) is 57.8 Å². The minimum Gasteiger partial charge on any atom is -0.333 e. The first kappa shape index (κ1) is 12.9. The van der Waals surface area contributed by atoms with E-state index in [0.29, 0.717) is 9.23 Å². The fraction of sp³-hybridized carbons (Fsp3) is 0.0714.